The smallest absolute Gasteiger partial charge is 0.273 e. The third kappa shape index (κ3) is 3.21. The highest BCUT2D eigenvalue weighted by Gasteiger charge is 2.42. The number of benzene rings is 2. The van der Waals surface area contributed by atoms with Crippen molar-refractivity contribution in [3.05, 3.63) is 64.3 Å². The molecule has 1 amide bonds. The lowest BCUT2D eigenvalue weighted by Gasteiger charge is -2.26. The molecule has 0 saturated carbocycles. The molecule has 0 fully saturated rings. The summed E-state index contributed by atoms with van der Waals surface area (Å²) in [4.78, 5) is 14.7. The van der Waals surface area contributed by atoms with E-state index in [-0.39, 0.29) is 24.8 Å². The van der Waals surface area contributed by atoms with Crippen LogP contribution in [0.4, 0.5) is 0 Å². The summed E-state index contributed by atoms with van der Waals surface area (Å²) in [7, 11) is 0. The van der Waals surface area contributed by atoms with Crippen molar-refractivity contribution in [2.75, 3.05) is 19.8 Å². The van der Waals surface area contributed by atoms with Crippen molar-refractivity contribution in [1.82, 2.24) is 15.1 Å². The Hall–Kier alpha value is -3.32. The van der Waals surface area contributed by atoms with E-state index in [2.05, 4.69) is 10.2 Å². The average molecular weight is 407 g/mol. The van der Waals surface area contributed by atoms with Gasteiger partial charge in [-0.05, 0) is 55.7 Å². The zero-order chi connectivity index (χ0) is 21.4. The van der Waals surface area contributed by atoms with E-state index >= 15 is 0 Å². The molecular weight excluding hydrogens is 382 g/mol. The predicted molar refractivity (Wildman–Crippen MR) is 113 cm³/mol. The van der Waals surface area contributed by atoms with Gasteiger partial charge in [0.25, 0.3) is 5.91 Å². The molecule has 30 heavy (non-hydrogen) atoms. The highest BCUT2D eigenvalue weighted by molar-refractivity contribution is 6.00. The van der Waals surface area contributed by atoms with Crippen molar-refractivity contribution in [2.24, 2.45) is 0 Å². The van der Waals surface area contributed by atoms with Crippen LogP contribution in [0.5, 0.6) is 11.5 Å². The Morgan fingerprint density at radius 2 is 1.93 bits per heavy atom. The number of rotatable bonds is 6. The minimum Gasteiger partial charge on any atom is -0.507 e. The van der Waals surface area contributed by atoms with Crippen LogP contribution in [-0.4, -0.2) is 51.0 Å². The van der Waals surface area contributed by atoms with Crippen molar-refractivity contribution in [1.29, 1.82) is 0 Å². The minimum atomic E-state index is -0.427. The third-order valence-corrected chi connectivity index (χ3v) is 5.41. The molecule has 1 unspecified atom stereocenters. The van der Waals surface area contributed by atoms with E-state index < -0.39 is 6.04 Å². The maximum atomic E-state index is 13.1. The van der Waals surface area contributed by atoms with Gasteiger partial charge in [0.1, 0.15) is 22.9 Å². The summed E-state index contributed by atoms with van der Waals surface area (Å²) < 4.78 is 5.54. The van der Waals surface area contributed by atoms with Crippen LogP contribution < -0.4 is 4.74 Å². The molecule has 1 aliphatic rings. The van der Waals surface area contributed by atoms with Crippen LogP contribution >= 0.6 is 0 Å². The third-order valence-electron chi connectivity index (χ3n) is 5.41. The molecule has 3 aromatic rings. The maximum Gasteiger partial charge on any atom is 0.273 e. The Labute approximate surface area is 174 Å². The van der Waals surface area contributed by atoms with Gasteiger partial charge in [-0.2, -0.15) is 5.10 Å². The second-order valence-corrected chi connectivity index (χ2v) is 7.47. The van der Waals surface area contributed by atoms with E-state index in [4.69, 9.17) is 4.74 Å². The number of phenolic OH excluding ortho intramolecular Hbond substituents is 1. The Morgan fingerprint density at radius 1 is 1.20 bits per heavy atom. The number of H-pyrrole nitrogens is 1. The van der Waals surface area contributed by atoms with Crippen molar-refractivity contribution < 1.29 is 19.7 Å². The number of aromatic hydroxyl groups is 1. The van der Waals surface area contributed by atoms with E-state index in [1.165, 1.54) is 0 Å². The Bertz CT molecular complexity index is 1090. The molecule has 7 heteroatoms. The van der Waals surface area contributed by atoms with Gasteiger partial charge in [0.15, 0.2) is 0 Å². The molecule has 0 spiro atoms. The maximum absolute atomic E-state index is 13.1. The number of fused-ring (bicyclic) bond motifs is 1. The summed E-state index contributed by atoms with van der Waals surface area (Å²) in [5.74, 6) is 0.674. The quantitative estimate of drug-likeness (QED) is 0.582. The van der Waals surface area contributed by atoms with Crippen molar-refractivity contribution >= 4 is 5.91 Å². The molecule has 1 aliphatic heterocycles. The van der Waals surface area contributed by atoms with Gasteiger partial charge in [0.2, 0.25) is 0 Å². The summed E-state index contributed by atoms with van der Waals surface area (Å²) in [5.41, 5.74) is 4.84. The van der Waals surface area contributed by atoms with E-state index in [1.807, 2.05) is 57.2 Å². The minimum absolute atomic E-state index is 0.147. The number of β-amino-alcohol motifs (C(OH)–C–C–N with tert-alkyl or cyclic N) is 1. The summed E-state index contributed by atoms with van der Waals surface area (Å²) >= 11 is 0. The zero-order valence-electron chi connectivity index (χ0n) is 17.3. The van der Waals surface area contributed by atoms with E-state index in [0.29, 0.717) is 29.1 Å². The number of aryl methyl sites for hydroxylation is 2. The highest BCUT2D eigenvalue weighted by Crippen LogP contribution is 2.45. The molecule has 2 heterocycles. The Balaban J connectivity index is 1.88. The number of carbonyl (C=O) groups excluding carboxylic acids is 1. The number of aliphatic hydroxyl groups excluding tert-OH is 1. The molecule has 2 aromatic carbocycles. The largest absolute Gasteiger partial charge is 0.507 e. The van der Waals surface area contributed by atoms with Gasteiger partial charge < -0.3 is 19.8 Å². The molecule has 1 aromatic heterocycles. The molecule has 1 atom stereocenters. The molecule has 7 nitrogen and oxygen atoms in total. The number of carbonyl (C=O) groups is 1. The summed E-state index contributed by atoms with van der Waals surface area (Å²) in [6, 6.07) is 10.9. The van der Waals surface area contributed by atoms with Crippen LogP contribution in [-0.2, 0) is 0 Å². The monoisotopic (exact) mass is 407 g/mol. The second-order valence-electron chi connectivity index (χ2n) is 7.47. The number of amides is 1. The molecular formula is C23H25N3O4. The lowest BCUT2D eigenvalue weighted by Crippen LogP contribution is -2.32. The first-order valence-electron chi connectivity index (χ1n) is 9.99. The molecule has 156 valence electrons. The summed E-state index contributed by atoms with van der Waals surface area (Å²) in [6.07, 6.45) is 0. The molecule has 4 rings (SSSR count). The molecule has 3 N–H and O–H groups in total. The number of nitrogens with one attached hydrogen (secondary N) is 1. The number of phenols is 1. The standard InChI is InChI=1S/C23H25N3O4/c1-4-30-16-7-5-15(6-8-16)21-18-19(17-12-13(2)11-14(3)22(17)28)24-25-20(18)23(29)26(21)9-10-27/h5-8,11-12,21,27-28H,4,9-10H2,1-3H3,(H,24,25). The van der Waals surface area contributed by atoms with Crippen LogP contribution in [0.1, 0.15) is 45.7 Å². The first kappa shape index (κ1) is 20.0. The molecule has 0 aliphatic carbocycles. The first-order valence-corrected chi connectivity index (χ1v) is 9.99. The van der Waals surface area contributed by atoms with Crippen LogP contribution in [0.25, 0.3) is 11.3 Å². The Morgan fingerprint density at radius 3 is 2.60 bits per heavy atom. The number of hydrogen-bond donors (Lipinski definition) is 3. The van der Waals surface area contributed by atoms with Crippen molar-refractivity contribution in [2.45, 2.75) is 26.8 Å². The zero-order valence-corrected chi connectivity index (χ0v) is 17.3. The fourth-order valence-corrected chi connectivity index (χ4v) is 4.14. The Kier molecular flexibility index (Phi) is 5.22. The van der Waals surface area contributed by atoms with Gasteiger partial charge in [0.05, 0.1) is 19.3 Å². The van der Waals surface area contributed by atoms with E-state index in [9.17, 15) is 15.0 Å². The second kappa shape index (κ2) is 7.84. The molecule has 0 saturated heterocycles. The van der Waals surface area contributed by atoms with Crippen LogP contribution in [0.15, 0.2) is 36.4 Å². The fourth-order valence-electron chi connectivity index (χ4n) is 4.14. The number of aromatic nitrogens is 2. The fraction of sp³-hybridized carbons (Fsp3) is 0.304. The number of ether oxygens (including phenoxy) is 1. The SMILES string of the molecule is CCOc1ccc(C2c3c(-c4cc(C)cc(C)c4O)n[nH]c3C(=O)N2CCO)cc1. The number of nitrogens with zero attached hydrogens (tertiary/aromatic N) is 2. The van der Waals surface area contributed by atoms with Gasteiger partial charge >= 0.3 is 0 Å². The van der Waals surface area contributed by atoms with Crippen LogP contribution in [0.3, 0.4) is 0 Å². The highest BCUT2D eigenvalue weighted by atomic mass is 16.5. The average Bonchev–Trinajstić information content (AvgIpc) is 3.26. The topological polar surface area (TPSA) is 98.7 Å². The predicted octanol–water partition coefficient (Wildman–Crippen LogP) is 3.34. The lowest BCUT2D eigenvalue weighted by molar-refractivity contribution is 0.0706. The van der Waals surface area contributed by atoms with E-state index in [0.717, 1.165) is 22.4 Å². The van der Waals surface area contributed by atoms with Gasteiger partial charge in [-0.15, -0.1) is 0 Å². The number of hydrogen-bond acceptors (Lipinski definition) is 5. The van der Waals surface area contributed by atoms with E-state index in [1.54, 1.807) is 4.90 Å². The van der Waals surface area contributed by atoms with Gasteiger partial charge in [-0.25, -0.2) is 0 Å². The molecule has 0 radical (unpaired) electrons. The van der Waals surface area contributed by atoms with Gasteiger partial charge in [0, 0.05) is 17.7 Å². The van der Waals surface area contributed by atoms with Crippen molar-refractivity contribution in [3.8, 4) is 22.8 Å². The van der Waals surface area contributed by atoms with Crippen LogP contribution in [0, 0.1) is 13.8 Å². The van der Waals surface area contributed by atoms with Gasteiger partial charge in [-0.1, -0.05) is 18.2 Å². The number of aliphatic hydroxyl groups is 1. The first-order chi connectivity index (χ1) is 14.5. The molecule has 0 bridgehead atoms. The summed E-state index contributed by atoms with van der Waals surface area (Å²) in [5, 5.41) is 27.5. The van der Waals surface area contributed by atoms with Crippen molar-refractivity contribution in [3.63, 3.8) is 0 Å². The van der Waals surface area contributed by atoms with Crippen LogP contribution in [0.2, 0.25) is 0 Å². The normalized spacial score (nSPS) is 15.5. The summed E-state index contributed by atoms with van der Waals surface area (Å²) in [6.45, 7) is 6.33. The lowest BCUT2D eigenvalue weighted by atomic mass is 9.94. The van der Waals surface area contributed by atoms with Gasteiger partial charge in [-0.3, -0.25) is 9.89 Å². The number of aromatic amines is 1.